The third-order valence-corrected chi connectivity index (χ3v) is 2.58. The summed E-state index contributed by atoms with van der Waals surface area (Å²) in [4.78, 5) is 11.3. The molecule has 0 aliphatic rings. The average molecular weight is 291 g/mol. The number of aliphatic hydroxyl groups excluding tert-OH is 1. The Morgan fingerprint density at radius 2 is 1.83 bits per heavy atom. The number of carbonyl (C=O) groups is 1. The number of nitrogens with one attached hydrogen (secondary N) is 2. The fraction of sp³-hybridized carbons (Fsp3) is 0.417. The zero-order chi connectivity index (χ0) is 13.7. The predicted molar refractivity (Wildman–Crippen MR) is 73.1 cm³/mol. The van der Waals surface area contributed by atoms with E-state index in [-0.39, 0.29) is 18.6 Å². The monoisotopic (exact) mass is 290 g/mol. The van der Waals surface area contributed by atoms with Gasteiger partial charge in [-0.25, -0.2) is 4.79 Å². The summed E-state index contributed by atoms with van der Waals surface area (Å²) in [6, 6.07) is 4.53. The molecule has 0 aliphatic carbocycles. The Labute approximate surface area is 116 Å². The second-order valence-electron chi connectivity index (χ2n) is 4.23. The van der Waals surface area contributed by atoms with Gasteiger partial charge in [-0.3, -0.25) is 0 Å². The van der Waals surface area contributed by atoms with E-state index in [1.807, 2.05) is 13.8 Å². The number of rotatable bonds is 4. The molecule has 0 aliphatic heterocycles. The molecule has 0 saturated carbocycles. The van der Waals surface area contributed by atoms with Crippen LogP contribution in [0, 0.1) is 0 Å². The van der Waals surface area contributed by atoms with Crippen molar-refractivity contribution in [3.63, 3.8) is 0 Å². The van der Waals surface area contributed by atoms with Crippen LogP contribution in [0.1, 0.15) is 25.5 Å². The van der Waals surface area contributed by atoms with Crippen LogP contribution >= 0.6 is 23.2 Å². The van der Waals surface area contributed by atoms with E-state index in [4.69, 9.17) is 23.2 Å². The second-order valence-corrected chi connectivity index (χ2v) is 5.10. The molecule has 0 fully saturated rings. The molecule has 0 saturated heterocycles. The van der Waals surface area contributed by atoms with Gasteiger partial charge in [0.1, 0.15) is 0 Å². The van der Waals surface area contributed by atoms with Gasteiger partial charge in [0.05, 0.1) is 6.10 Å². The van der Waals surface area contributed by atoms with Crippen LogP contribution < -0.4 is 10.6 Å². The Morgan fingerprint density at radius 1 is 1.28 bits per heavy atom. The first-order valence-corrected chi connectivity index (χ1v) is 6.32. The van der Waals surface area contributed by atoms with Gasteiger partial charge in [-0.1, -0.05) is 23.2 Å². The molecule has 0 spiro atoms. The van der Waals surface area contributed by atoms with Crippen molar-refractivity contribution in [3.8, 4) is 0 Å². The largest absolute Gasteiger partial charge is 0.387 e. The maximum absolute atomic E-state index is 11.3. The first-order chi connectivity index (χ1) is 8.38. The van der Waals surface area contributed by atoms with Gasteiger partial charge in [0.25, 0.3) is 0 Å². The summed E-state index contributed by atoms with van der Waals surface area (Å²) in [5.41, 5.74) is 0.567. The molecule has 0 aromatic heterocycles. The van der Waals surface area contributed by atoms with E-state index >= 15 is 0 Å². The van der Waals surface area contributed by atoms with E-state index in [1.54, 1.807) is 18.2 Å². The molecule has 1 aromatic carbocycles. The fourth-order valence-corrected chi connectivity index (χ4v) is 1.93. The molecule has 4 nitrogen and oxygen atoms in total. The van der Waals surface area contributed by atoms with Crippen LogP contribution in [0.3, 0.4) is 0 Å². The normalized spacial score (nSPS) is 12.3. The fourth-order valence-electron chi connectivity index (χ4n) is 1.39. The molecule has 0 bridgehead atoms. The lowest BCUT2D eigenvalue weighted by Gasteiger charge is -2.14. The maximum atomic E-state index is 11.3. The summed E-state index contributed by atoms with van der Waals surface area (Å²) in [5, 5.41) is 16.0. The summed E-state index contributed by atoms with van der Waals surface area (Å²) in [7, 11) is 0. The van der Waals surface area contributed by atoms with Crippen LogP contribution in [0.5, 0.6) is 0 Å². The summed E-state index contributed by atoms with van der Waals surface area (Å²) >= 11 is 11.7. The Balaban J connectivity index is 2.54. The minimum absolute atomic E-state index is 0.0442. The van der Waals surface area contributed by atoms with Gasteiger partial charge < -0.3 is 15.7 Å². The van der Waals surface area contributed by atoms with E-state index in [2.05, 4.69) is 10.6 Å². The highest BCUT2D eigenvalue weighted by molar-refractivity contribution is 6.34. The smallest absolute Gasteiger partial charge is 0.315 e. The number of halogens is 2. The van der Waals surface area contributed by atoms with Gasteiger partial charge in [-0.05, 0) is 37.6 Å². The molecular formula is C12H16Cl2N2O2. The van der Waals surface area contributed by atoms with Crippen molar-refractivity contribution in [1.82, 2.24) is 10.6 Å². The van der Waals surface area contributed by atoms with Gasteiger partial charge in [0.2, 0.25) is 0 Å². The van der Waals surface area contributed by atoms with E-state index in [9.17, 15) is 9.90 Å². The van der Waals surface area contributed by atoms with Gasteiger partial charge in [0, 0.05) is 22.6 Å². The van der Waals surface area contributed by atoms with Crippen molar-refractivity contribution in [2.75, 3.05) is 6.54 Å². The van der Waals surface area contributed by atoms with Crippen LogP contribution in [0.2, 0.25) is 10.0 Å². The summed E-state index contributed by atoms with van der Waals surface area (Å²) < 4.78 is 0. The third-order valence-electron chi connectivity index (χ3n) is 2.15. The molecule has 6 heteroatoms. The summed E-state index contributed by atoms with van der Waals surface area (Å²) in [5.74, 6) is 0. The van der Waals surface area contributed by atoms with Crippen molar-refractivity contribution >= 4 is 29.2 Å². The molecule has 1 atom stereocenters. The van der Waals surface area contributed by atoms with Crippen LogP contribution in [-0.2, 0) is 0 Å². The Kier molecular flexibility index (Phi) is 5.72. The second kappa shape index (κ2) is 6.83. The lowest BCUT2D eigenvalue weighted by atomic mass is 10.1. The molecular weight excluding hydrogens is 275 g/mol. The average Bonchev–Trinajstić information content (AvgIpc) is 2.23. The highest BCUT2D eigenvalue weighted by Gasteiger charge is 2.11. The van der Waals surface area contributed by atoms with Gasteiger partial charge in [0.15, 0.2) is 0 Å². The van der Waals surface area contributed by atoms with Crippen molar-refractivity contribution in [2.45, 2.75) is 26.0 Å². The third kappa shape index (κ3) is 5.12. The Bertz CT molecular complexity index is 404. The zero-order valence-corrected chi connectivity index (χ0v) is 11.7. The zero-order valence-electron chi connectivity index (χ0n) is 10.2. The predicted octanol–water partition coefficient (Wildman–Crippen LogP) is 2.73. The van der Waals surface area contributed by atoms with E-state index in [1.165, 1.54) is 0 Å². The lowest BCUT2D eigenvalue weighted by Crippen LogP contribution is -2.41. The van der Waals surface area contributed by atoms with Crippen molar-refractivity contribution in [2.24, 2.45) is 0 Å². The summed E-state index contributed by atoms with van der Waals surface area (Å²) in [6.07, 6.45) is -0.848. The number of hydrogen-bond acceptors (Lipinski definition) is 2. The first-order valence-electron chi connectivity index (χ1n) is 5.57. The Hall–Kier alpha value is -0.970. The molecule has 1 aromatic rings. The topological polar surface area (TPSA) is 61.4 Å². The van der Waals surface area contributed by atoms with Gasteiger partial charge in [-0.15, -0.1) is 0 Å². The maximum Gasteiger partial charge on any atom is 0.315 e. The Morgan fingerprint density at radius 3 is 2.33 bits per heavy atom. The standard InChI is InChI=1S/C12H16Cl2N2O2/c1-7(2)16-12(18)15-6-11(17)8-3-9(13)5-10(14)4-8/h3-5,7,11,17H,6H2,1-2H3,(H2,15,16,18). The highest BCUT2D eigenvalue weighted by Crippen LogP contribution is 2.23. The number of carbonyl (C=O) groups excluding carboxylic acids is 1. The van der Waals surface area contributed by atoms with Crippen LogP contribution in [0.25, 0.3) is 0 Å². The molecule has 1 unspecified atom stereocenters. The molecule has 100 valence electrons. The summed E-state index contributed by atoms with van der Waals surface area (Å²) in [6.45, 7) is 3.80. The van der Waals surface area contributed by atoms with E-state index < -0.39 is 6.10 Å². The van der Waals surface area contributed by atoms with Crippen LogP contribution in [-0.4, -0.2) is 23.7 Å². The first kappa shape index (κ1) is 15.1. The van der Waals surface area contributed by atoms with Crippen LogP contribution in [0.15, 0.2) is 18.2 Å². The number of aliphatic hydroxyl groups is 1. The molecule has 2 amide bonds. The molecule has 1 rings (SSSR count). The van der Waals surface area contributed by atoms with Gasteiger partial charge >= 0.3 is 6.03 Å². The molecule has 0 radical (unpaired) electrons. The van der Waals surface area contributed by atoms with E-state index in [0.717, 1.165) is 0 Å². The minimum Gasteiger partial charge on any atom is -0.387 e. The highest BCUT2D eigenvalue weighted by atomic mass is 35.5. The number of benzene rings is 1. The van der Waals surface area contributed by atoms with Crippen LogP contribution in [0.4, 0.5) is 4.79 Å². The molecule has 0 heterocycles. The van der Waals surface area contributed by atoms with Crippen molar-refractivity contribution < 1.29 is 9.90 Å². The SMILES string of the molecule is CC(C)NC(=O)NCC(O)c1cc(Cl)cc(Cl)c1. The molecule has 18 heavy (non-hydrogen) atoms. The number of urea groups is 1. The quantitative estimate of drug-likeness (QED) is 0.798. The molecule has 3 N–H and O–H groups in total. The lowest BCUT2D eigenvalue weighted by molar-refractivity contribution is 0.172. The van der Waals surface area contributed by atoms with Gasteiger partial charge in [-0.2, -0.15) is 0 Å². The van der Waals surface area contributed by atoms with E-state index in [0.29, 0.717) is 15.6 Å². The van der Waals surface area contributed by atoms with Crippen molar-refractivity contribution in [1.29, 1.82) is 0 Å². The minimum atomic E-state index is -0.848. The number of amides is 2. The van der Waals surface area contributed by atoms with Crippen molar-refractivity contribution in [3.05, 3.63) is 33.8 Å². The number of hydrogen-bond donors (Lipinski definition) is 3.